The smallest absolute Gasteiger partial charge is 0.185 e. The Balaban J connectivity index is 2.64. The lowest BCUT2D eigenvalue weighted by Gasteiger charge is -1.89. The molecule has 0 aliphatic rings. The number of para-hydroxylation sites is 1. The molecule has 0 aliphatic carbocycles. The van der Waals surface area contributed by atoms with Gasteiger partial charge in [-0.3, -0.25) is 4.79 Å². The van der Waals surface area contributed by atoms with Crippen molar-refractivity contribution in [3.8, 4) is 0 Å². The van der Waals surface area contributed by atoms with Crippen molar-refractivity contribution < 1.29 is 9.32 Å². The van der Waals surface area contributed by atoms with Gasteiger partial charge in [-0.15, -0.1) is 0 Å². The number of ketones is 1. The van der Waals surface area contributed by atoms with Gasteiger partial charge in [0.1, 0.15) is 0 Å². The summed E-state index contributed by atoms with van der Waals surface area (Å²) in [5, 5.41) is 4.54. The molecule has 0 aliphatic heterocycles. The van der Waals surface area contributed by atoms with Crippen LogP contribution in [0.3, 0.4) is 0 Å². The number of rotatable bonds is 2. The first-order valence-electron chi connectivity index (χ1n) is 4.20. The Labute approximate surface area is 75.3 Å². The zero-order valence-electron chi connectivity index (χ0n) is 7.28. The molecule has 1 aromatic carbocycles. The van der Waals surface area contributed by atoms with Crippen molar-refractivity contribution in [1.29, 1.82) is 0 Å². The first-order chi connectivity index (χ1) is 6.33. The molecule has 0 fully saturated rings. The number of hydrogen-bond donors (Lipinski definition) is 0. The summed E-state index contributed by atoms with van der Waals surface area (Å²) in [5.41, 5.74) is 1.11. The second-order valence-electron chi connectivity index (χ2n) is 2.80. The van der Waals surface area contributed by atoms with E-state index in [2.05, 4.69) is 5.16 Å². The van der Waals surface area contributed by atoms with E-state index in [1.165, 1.54) is 0 Å². The molecular weight excluding hydrogens is 166 g/mol. The summed E-state index contributed by atoms with van der Waals surface area (Å²) >= 11 is 0. The molecule has 2 aromatic rings. The van der Waals surface area contributed by atoms with Gasteiger partial charge in [-0.2, -0.15) is 0 Å². The van der Waals surface area contributed by atoms with Crippen molar-refractivity contribution in [3.63, 3.8) is 0 Å². The van der Waals surface area contributed by atoms with Gasteiger partial charge in [0.05, 0.1) is 5.39 Å². The van der Waals surface area contributed by atoms with Gasteiger partial charge in [0, 0.05) is 6.42 Å². The highest BCUT2D eigenvalue weighted by molar-refractivity contribution is 6.04. The summed E-state index contributed by atoms with van der Waals surface area (Å²) < 4.78 is 5.00. The molecule has 0 unspecified atom stereocenters. The standard InChI is InChI=1S/C10H9NO2/c1-2-8(12)10-7-5-3-4-6-9(7)13-11-10/h3-6H,2H2,1H3. The minimum absolute atomic E-state index is 0.0185. The van der Waals surface area contributed by atoms with Crippen molar-refractivity contribution in [2.45, 2.75) is 13.3 Å². The SMILES string of the molecule is CCC(=O)c1noc2ccccc12. The summed E-state index contributed by atoms with van der Waals surface area (Å²) in [6.07, 6.45) is 0.455. The average molecular weight is 175 g/mol. The summed E-state index contributed by atoms with van der Waals surface area (Å²) in [4.78, 5) is 11.4. The van der Waals surface area contributed by atoms with E-state index in [0.717, 1.165) is 5.39 Å². The molecule has 3 heteroatoms. The van der Waals surface area contributed by atoms with E-state index in [1.807, 2.05) is 25.1 Å². The lowest BCUT2D eigenvalue weighted by molar-refractivity contribution is 0.0981. The minimum Gasteiger partial charge on any atom is -0.356 e. The minimum atomic E-state index is 0.0185. The van der Waals surface area contributed by atoms with Crippen LogP contribution in [0.5, 0.6) is 0 Å². The van der Waals surface area contributed by atoms with Gasteiger partial charge in [0.15, 0.2) is 17.1 Å². The lowest BCUT2D eigenvalue weighted by atomic mass is 10.1. The molecule has 0 saturated heterocycles. The van der Waals surface area contributed by atoms with Crippen molar-refractivity contribution in [3.05, 3.63) is 30.0 Å². The van der Waals surface area contributed by atoms with Gasteiger partial charge in [0.2, 0.25) is 0 Å². The van der Waals surface area contributed by atoms with Crippen LogP contribution in [0, 0.1) is 0 Å². The van der Waals surface area contributed by atoms with E-state index in [9.17, 15) is 4.79 Å². The quantitative estimate of drug-likeness (QED) is 0.658. The van der Waals surface area contributed by atoms with Crippen LogP contribution in [-0.4, -0.2) is 10.9 Å². The molecule has 0 spiro atoms. The van der Waals surface area contributed by atoms with E-state index in [4.69, 9.17) is 4.52 Å². The maximum absolute atomic E-state index is 11.4. The molecule has 1 heterocycles. The molecule has 0 saturated carbocycles. The Bertz CT molecular complexity index is 445. The number of Topliss-reactive ketones (excluding diaryl/α,β-unsaturated/α-hetero) is 1. The average Bonchev–Trinajstić information content (AvgIpc) is 2.60. The molecular formula is C10H9NO2. The Morgan fingerprint density at radius 1 is 1.46 bits per heavy atom. The van der Waals surface area contributed by atoms with Crippen molar-refractivity contribution in [2.75, 3.05) is 0 Å². The Kier molecular flexibility index (Phi) is 1.85. The van der Waals surface area contributed by atoms with Crippen LogP contribution in [-0.2, 0) is 0 Å². The number of carbonyl (C=O) groups excluding carboxylic acids is 1. The predicted octanol–water partition coefficient (Wildman–Crippen LogP) is 2.42. The second-order valence-corrected chi connectivity index (χ2v) is 2.80. The fourth-order valence-electron chi connectivity index (χ4n) is 1.25. The third kappa shape index (κ3) is 1.22. The Morgan fingerprint density at radius 2 is 2.23 bits per heavy atom. The van der Waals surface area contributed by atoms with E-state index < -0.39 is 0 Å². The fourth-order valence-corrected chi connectivity index (χ4v) is 1.25. The van der Waals surface area contributed by atoms with Gasteiger partial charge in [-0.1, -0.05) is 24.2 Å². The summed E-state index contributed by atoms with van der Waals surface area (Å²) in [6.45, 7) is 1.81. The van der Waals surface area contributed by atoms with Crippen LogP contribution < -0.4 is 0 Å². The van der Waals surface area contributed by atoms with Crippen molar-refractivity contribution in [2.24, 2.45) is 0 Å². The van der Waals surface area contributed by atoms with E-state index in [-0.39, 0.29) is 5.78 Å². The normalized spacial score (nSPS) is 10.5. The molecule has 13 heavy (non-hydrogen) atoms. The molecule has 2 rings (SSSR count). The van der Waals surface area contributed by atoms with Gasteiger partial charge < -0.3 is 4.52 Å². The molecule has 0 bridgehead atoms. The molecule has 0 amide bonds. The van der Waals surface area contributed by atoms with Crippen LogP contribution >= 0.6 is 0 Å². The van der Waals surface area contributed by atoms with Gasteiger partial charge in [-0.25, -0.2) is 0 Å². The molecule has 0 radical (unpaired) electrons. The van der Waals surface area contributed by atoms with Crippen LogP contribution in [0.2, 0.25) is 0 Å². The highest BCUT2D eigenvalue weighted by atomic mass is 16.5. The monoisotopic (exact) mass is 175 g/mol. The van der Waals surface area contributed by atoms with Crippen molar-refractivity contribution >= 4 is 16.8 Å². The van der Waals surface area contributed by atoms with E-state index in [1.54, 1.807) is 6.07 Å². The van der Waals surface area contributed by atoms with Crippen LogP contribution in [0.25, 0.3) is 11.0 Å². The zero-order chi connectivity index (χ0) is 9.26. The number of carbonyl (C=O) groups is 1. The summed E-state index contributed by atoms with van der Waals surface area (Å²) in [5.74, 6) is 0.0185. The highest BCUT2D eigenvalue weighted by Gasteiger charge is 2.12. The van der Waals surface area contributed by atoms with Gasteiger partial charge >= 0.3 is 0 Å². The van der Waals surface area contributed by atoms with Crippen LogP contribution in [0.15, 0.2) is 28.8 Å². The number of hydrogen-bond acceptors (Lipinski definition) is 3. The van der Waals surface area contributed by atoms with E-state index >= 15 is 0 Å². The molecule has 3 nitrogen and oxygen atoms in total. The number of benzene rings is 1. The van der Waals surface area contributed by atoms with Gasteiger partial charge in [-0.05, 0) is 12.1 Å². The first kappa shape index (κ1) is 7.98. The predicted molar refractivity (Wildman–Crippen MR) is 48.6 cm³/mol. The topological polar surface area (TPSA) is 43.1 Å². The molecule has 0 atom stereocenters. The maximum atomic E-state index is 11.4. The molecule has 1 aromatic heterocycles. The molecule has 66 valence electrons. The van der Waals surface area contributed by atoms with Crippen LogP contribution in [0.4, 0.5) is 0 Å². The van der Waals surface area contributed by atoms with E-state index in [0.29, 0.717) is 17.7 Å². The van der Waals surface area contributed by atoms with Crippen LogP contribution in [0.1, 0.15) is 23.8 Å². The Morgan fingerprint density at radius 3 is 3.00 bits per heavy atom. The summed E-state index contributed by atoms with van der Waals surface area (Å²) in [7, 11) is 0. The van der Waals surface area contributed by atoms with Gasteiger partial charge in [0.25, 0.3) is 0 Å². The maximum Gasteiger partial charge on any atom is 0.185 e. The molecule has 0 N–H and O–H groups in total. The number of aromatic nitrogens is 1. The number of nitrogens with zero attached hydrogens (tertiary/aromatic N) is 1. The zero-order valence-corrected chi connectivity index (χ0v) is 7.28. The third-order valence-corrected chi connectivity index (χ3v) is 1.96. The Hall–Kier alpha value is -1.64. The fraction of sp³-hybridized carbons (Fsp3) is 0.200. The number of fused-ring (bicyclic) bond motifs is 1. The second kappa shape index (κ2) is 3.01. The van der Waals surface area contributed by atoms with Crippen molar-refractivity contribution in [1.82, 2.24) is 5.16 Å². The first-order valence-corrected chi connectivity index (χ1v) is 4.20. The largest absolute Gasteiger partial charge is 0.356 e. The summed E-state index contributed by atoms with van der Waals surface area (Å²) in [6, 6.07) is 7.36. The third-order valence-electron chi connectivity index (χ3n) is 1.96. The highest BCUT2D eigenvalue weighted by Crippen LogP contribution is 2.18. The lowest BCUT2D eigenvalue weighted by Crippen LogP contribution is -1.96.